The Morgan fingerprint density at radius 2 is 1.92 bits per heavy atom. The van der Waals surface area contributed by atoms with Crippen LogP contribution in [0.25, 0.3) is 11.0 Å². The summed E-state index contributed by atoms with van der Waals surface area (Å²) in [6.07, 6.45) is 1.05. The summed E-state index contributed by atoms with van der Waals surface area (Å²) >= 11 is 0. The van der Waals surface area contributed by atoms with E-state index in [-0.39, 0.29) is 11.3 Å². The van der Waals surface area contributed by atoms with E-state index in [1.165, 1.54) is 0 Å². The van der Waals surface area contributed by atoms with Crippen LogP contribution in [0.5, 0.6) is 0 Å². The van der Waals surface area contributed by atoms with Gasteiger partial charge >= 0.3 is 0 Å². The van der Waals surface area contributed by atoms with E-state index >= 15 is 0 Å². The van der Waals surface area contributed by atoms with Gasteiger partial charge < -0.3 is 20.3 Å². The maximum absolute atomic E-state index is 12.4. The molecule has 0 fully saturated rings. The van der Waals surface area contributed by atoms with Crippen molar-refractivity contribution in [3.63, 3.8) is 0 Å². The standard InChI is InChI=1S/C19H30N4O2/c1-18(2,3)12-16(24)22(6)13-7-8-15-14(11-13)21-17(20)23(15)10-9-19(4,5)25/h7-8,11,25H,9-10,12H2,1-6H3,(H2,20,21). The second-order valence-electron chi connectivity index (χ2n) is 8.55. The van der Waals surface area contributed by atoms with Crippen LogP contribution >= 0.6 is 0 Å². The number of nitrogens with two attached hydrogens (primary N) is 1. The zero-order chi connectivity index (χ0) is 19.0. The van der Waals surface area contributed by atoms with Crippen LogP contribution in [0.15, 0.2) is 18.2 Å². The van der Waals surface area contributed by atoms with E-state index in [1.54, 1.807) is 25.8 Å². The van der Waals surface area contributed by atoms with Crippen molar-refractivity contribution in [1.29, 1.82) is 0 Å². The molecule has 0 radical (unpaired) electrons. The number of aliphatic hydroxyl groups is 1. The monoisotopic (exact) mass is 346 g/mol. The summed E-state index contributed by atoms with van der Waals surface area (Å²) in [5, 5.41) is 9.93. The molecular formula is C19H30N4O2. The number of aryl methyl sites for hydroxylation is 1. The van der Waals surface area contributed by atoms with Gasteiger partial charge in [0.2, 0.25) is 11.9 Å². The van der Waals surface area contributed by atoms with Crippen molar-refractivity contribution in [2.24, 2.45) is 5.41 Å². The lowest BCUT2D eigenvalue weighted by atomic mass is 9.91. The molecule has 1 amide bonds. The van der Waals surface area contributed by atoms with Gasteiger partial charge in [-0.25, -0.2) is 4.98 Å². The van der Waals surface area contributed by atoms with Gasteiger partial charge in [-0.05, 0) is 43.9 Å². The summed E-state index contributed by atoms with van der Waals surface area (Å²) in [5.41, 5.74) is 7.68. The molecule has 138 valence electrons. The average molecular weight is 346 g/mol. The number of hydrogen-bond donors (Lipinski definition) is 2. The molecule has 0 spiro atoms. The summed E-state index contributed by atoms with van der Waals surface area (Å²) in [5.74, 6) is 0.487. The number of carbonyl (C=O) groups is 1. The molecule has 25 heavy (non-hydrogen) atoms. The molecule has 0 saturated heterocycles. The average Bonchev–Trinajstić information content (AvgIpc) is 2.76. The van der Waals surface area contributed by atoms with Gasteiger partial charge in [-0.3, -0.25) is 4.79 Å². The summed E-state index contributed by atoms with van der Waals surface area (Å²) in [4.78, 5) is 18.5. The second-order valence-corrected chi connectivity index (χ2v) is 8.55. The molecule has 2 aromatic rings. The van der Waals surface area contributed by atoms with Crippen LogP contribution in [0.3, 0.4) is 0 Å². The van der Waals surface area contributed by atoms with Gasteiger partial charge in [-0.15, -0.1) is 0 Å². The second kappa shape index (κ2) is 6.67. The zero-order valence-corrected chi connectivity index (χ0v) is 16.1. The van der Waals surface area contributed by atoms with Crippen molar-refractivity contribution in [2.45, 2.75) is 59.6 Å². The highest BCUT2D eigenvalue weighted by atomic mass is 16.3. The number of carbonyl (C=O) groups excluding carboxylic acids is 1. The number of imidazole rings is 1. The first-order chi connectivity index (χ1) is 11.4. The predicted molar refractivity (Wildman–Crippen MR) is 103 cm³/mol. The predicted octanol–water partition coefficient (Wildman–Crippen LogP) is 3.18. The maximum atomic E-state index is 12.4. The third-order valence-electron chi connectivity index (χ3n) is 4.15. The van der Waals surface area contributed by atoms with Crippen molar-refractivity contribution < 1.29 is 9.90 Å². The number of benzene rings is 1. The zero-order valence-electron chi connectivity index (χ0n) is 16.1. The molecule has 1 aromatic carbocycles. The van der Waals surface area contributed by atoms with Gasteiger partial charge in [-0.2, -0.15) is 0 Å². The number of aromatic nitrogens is 2. The van der Waals surface area contributed by atoms with Crippen LogP contribution in [0, 0.1) is 5.41 Å². The van der Waals surface area contributed by atoms with Gasteiger partial charge in [0.1, 0.15) is 0 Å². The minimum absolute atomic E-state index is 0.0570. The quantitative estimate of drug-likeness (QED) is 0.871. The largest absolute Gasteiger partial charge is 0.390 e. The molecule has 0 saturated carbocycles. The molecule has 0 unspecified atom stereocenters. The normalized spacial score (nSPS) is 12.6. The molecule has 6 heteroatoms. The van der Waals surface area contributed by atoms with Gasteiger partial charge in [-0.1, -0.05) is 20.8 Å². The van der Waals surface area contributed by atoms with E-state index in [0.29, 0.717) is 25.3 Å². The van der Waals surface area contributed by atoms with Crippen LogP contribution in [0.2, 0.25) is 0 Å². The molecular weight excluding hydrogens is 316 g/mol. The number of amides is 1. The van der Waals surface area contributed by atoms with Crippen LogP contribution < -0.4 is 10.6 Å². The van der Waals surface area contributed by atoms with E-state index in [9.17, 15) is 9.90 Å². The molecule has 0 aliphatic carbocycles. The minimum atomic E-state index is -0.761. The molecule has 0 atom stereocenters. The van der Waals surface area contributed by atoms with E-state index in [2.05, 4.69) is 4.98 Å². The van der Waals surface area contributed by atoms with Crippen LogP contribution in [0.1, 0.15) is 47.5 Å². The van der Waals surface area contributed by atoms with Crippen molar-refractivity contribution in [3.8, 4) is 0 Å². The SMILES string of the molecule is CN(C(=O)CC(C)(C)C)c1ccc2c(c1)nc(N)n2CCC(C)(C)O. The summed E-state index contributed by atoms with van der Waals surface area (Å²) in [7, 11) is 1.78. The lowest BCUT2D eigenvalue weighted by Crippen LogP contribution is -2.29. The molecule has 3 N–H and O–H groups in total. The Balaban J connectivity index is 2.27. The third kappa shape index (κ3) is 4.95. The molecule has 2 rings (SSSR count). The molecule has 0 aliphatic rings. The highest BCUT2D eigenvalue weighted by Gasteiger charge is 2.21. The Morgan fingerprint density at radius 1 is 1.28 bits per heavy atom. The lowest BCUT2D eigenvalue weighted by Gasteiger charge is -2.23. The minimum Gasteiger partial charge on any atom is -0.390 e. The van der Waals surface area contributed by atoms with Crippen molar-refractivity contribution >= 4 is 28.6 Å². The number of rotatable bonds is 5. The molecule has 0 aliphatic heterocycles. The molecule has 6 nitrogen and oxygen atoms in total. The topological polar surface area (TPSA) is 84.4 Å². The Kier molecular flexibility index (Phi) is 5.14. The fraction of sp³-hybridized carbons (Fsp3) is 0.579. The lowest BCUT2D eigenvalue weighted by molar-refractivity contribution is -0.120. The van der Waals surface area contributed by atoms with Gasteiger partial charge in [0.25, 0.3) is 0 Å². The maximum Gasteiger partial charge on any atom is 0.227 e. The number of fused-ring (bicyclic) bond motifs is 1. The number of nitrogens with zero attached hydrogens (tertiary/aromatic N) is 3. The number of nitrogen functional groups attached to an aromatic ring is 1. The van der Waals surface area contributed by atoms with E-state index in [4.69, 9.17) is 5.73 Å². The third-order valence-corrected chi connectivity index (χ3v) is 4.15. The van der Waals surface area contributed by atoms with Gasteiger partial charge in [0, 0.05) is 25.7 Å². The number of hydrogen-bond acceptors (Lipinski definition) is 4. The summed E-state index contributed by atoms with van der Waals surface area (Å²) in [6.45, 7) is 10.3. The first-order valence-corrected chi connectivity index (χ1v) is 8.62. The first kappa shape index (κ1) is 19.2. The Morgan fingerprint density at radius 3 is 2.48 bits per heavy atom. The highest BCUT2D eigenvalue weighted by molar-refractivity contribution is 5.95. The summed E-state index contributed by atoms with van der Waals surface area (Å²) < 4.78 is 1.90. The highest BCUT2D eigenvalue weighted by Crippen LogP contribution is 2.27. The van der Waals surface area contributed by atoms with E-state index in [1.807, 2.05) is 43.5 Å². The van der Waals surface area contributed by atoms with Gasteiger partial charge in [0.15, 0.2) is 0 Å². The van der Waals surface area contributed by atoms with Crippen molar-refractivity contribution in [1.82, 2.24) is 9.55 Å². The molecule has 1 aromatic heterocycles. The Bertz CT molecular complexity index is 766. The fourth-order valence-electron chi connectivity index (χ4n) is 2.68. The van der Waals surface area contributed by atoms with Crippen LogP contribution in [0.4, 0.5) is 11.6 Å². The summed E-state index contributed by atoms with van der Waals surface area (Å²) in [6, 6.07) is 5.72. The Hall–Kier alpha value is -2.08. The van der Waals surface area contributed by atoms with Crippen LogP contribution in [-0.2, 0) is 11.3 Å². The fourth-order valence-corrected chi connectivity index (χ4v) is 2.68. The molecule has 0 bridgehead atoms. The van der Waals surface area contributed by atoms with Gasteiger partial charge in [0.05, 0.1) is 16.6 Å². The Labute approximate surface area is 149 Å². The van der Waals surface area contributed by atoms with E-state index in [0.717, 1.165) is 16.7 Å². The molecule has 1 heterocycles. The number of anilines is 2. The van der Waals surface area contributed by atoms with Crippen LogP contribution in [-0.4, -0.2) is 33.2 Å². The van der Waals surface area contributed by atoms with E-state index < -0.39 is 5.60 Å². The van der Waals surface area contributed by atoms with Crippen molar-refractivity contribution in [3.05, 3.63) is 18.2 Å². The van der Waals surface area contributed by atoms with Crippen molar-refractivity contribution in [2.75, 3.05) is 17.7 Å². The smallest absolute Gasteiger partial charge is 0.227 e. The first-order valence-electron chi connectivity index (χ1n) is 8.62.